The van der Waals surface area contributed by atoms with Crippen molar-refractivity contribution in [3.63, 3.8) is 0 Å². The van der Waals surface area contributed by atoms with E-state index in [4.69, 9.17) is 4.74 Å². The van der Waals surface area contributed by atoms with Crippen LogP contribution in [0.1, 0.15) is 35.8 Å². The van der Waals surface area contributed by atoms with E-state index in [2.05, 4.69) is 17.2 Å². The van der Waals surface area contributed by atoms with Gasteiger partial charge in [-0.05, 0) is 37.6 Å². The molecular weight excluding hydrogens is 290 g/mol. The topological polar surface area (TPSA) is 58.6 Å². The molecule has 1 aliphatic rings. The Kier molecular flexibility index (Phi) is 4.57. The van der Waals surface area contributed by atoms with Gasteiger partial charge in [0.15, 0.2) is 0 Å². The summed E-state index contributed by atoms with van der Waals surface area (Å²) in [6.07, 6.45) is 2.46. The first-order valence-electron chi connectivity index (χ1n) is 8.43. The van der Waals surface area contributed by atoms with E-state index >= 15 is 0 Å². The van der Waals surface area contributed by atoms with Crippen molar-refractivity contribution in [2.75, 3.05) is 26.7 Å². The van der Waals surface area contributed by atoms with E-state index in [-0.39, 0.29) is 5.91 Å². The second-order valence-corrected chi connectivity index (χ2v) is 6.35. The van der Waals surface area contributed by atoms with Crippen molar-refractivity contribution in [3.8, 4) is 5.75 Å². The third kappa shape index (κ3) is 3.06. The third-order valence-corrected chi connectivity index (χ3v) is 5.08. The second-order valence-electron chi connectivity index (χ2n) is 6.35. The number of amides is 1. The van der Waals surface area contributed by atoms with Crippen LogP contribution in [0.3, 0.4) is 0 Å². The first-order valence-corrected chi connectivity index (χ1v) is 8.43. The average molecular weight is 316 g/mol. The molecule has 0 aliphatic carbocycles. The van der Waals surface area contributed by atoms with Crippen LogP contribution >= 0.6 is 0 Å². The number of fused-ring (bicyclic) bond motifs is 1. The molecule has 1 aliphatic heterocycles. The molecule has 0 spiro atoms. The van der Waals surface area contributed by atoms with Crippen molar-refractivity contribution in [1.29, 1.82) is 0 Å². The Labute approximate surface area is 137 Å². The number of benzene rings is 1. The fourth-order valence-corrected chi connectivity index (χ4v) is 3.66. The molecular formula is C18H26N3O2+. The van der Waals surface area contributed by atoms with Crippen LogP contribution in [0.4, 0.5) is 0 Å². The number of hydrogen-bond acceptors (Lipinski definition) is 2. The van der Waals surface area contributed by atoms with Gasteiger partial charge in [-0.2, -0.15) is 0 Å². The van der Waals surface area contributed by atoms with Gasteiger partial charge in [-0.15, -0.1) is 0 Å². The minimum atomic E-state index is -0.0139. The normalized spacial score (nSPS) is 20.8. The van der Waals surface area contributed by atoms with E-state index < -0.39 is 0 Å². The monoisotopic (exact) mass is 316 g/mol. The minimum Gasteiger partial charge on any atom is -0.497 e. The van der Waals surface area contributed by atoms with Crippen LogP contribution in [-0.2, 0) is 0 Å². The minimum absolute atomic E-state index is 0.0139. The summed E-state index contributed by atoms with van der Waals surface area (Å²) in [6.45, 7) is 7.30. The molecule has 1 unspecified atom stereocenters. The lowest BCUT2D eigenvalue weighted by atomic mass is 10.1. The Morgan fingerprint density at radius 2 is 2.30 bits per heavy atom. The number of methoxy groups -OCH3 is 1. The lowest BCUT2D eigenvalue weighted by molar-refractivity contribution is -0.909. The number of nitrogens with one attached hydrogen (secondary N) is 3. The molecule has 2 aromatic rings. The van der Waals surface area contributed by atoms with Gasteiger partial charge >= 0.3 is 0 Å². The molecule has 2 heterocycles. The summed E-state index contributed by atoms with van der Waals surface area (Å²) in [6, 6.07) is 6.38. The Bertz CT molecular complexity index is 708. The highest BCUT2D eigenvalue weighted by atomic mass is 16.5. The molecule has 1 fully saturated rings. The largest absolute Gasteiger partial charge is 0.497 e. The molecule has 5 heteroatoms. The Morgan fingerprint density at radius 3 is 3.04 bits per heavy atom. The number of aryl methyl sites for hydroxylation is 1. The molecule has 3 rings (SSSR count). The number of H-pyrrole nitrogens is 1. The smallest absolute Gasteiger partial charge is 0.268 e. The Morgan fingerprint density at radius 1 is 1.48 bits per heavy atom. The number of ether oxygens (including phenoxy) is 1. The number of likely N-dealkylation sites (tertiary alicyclic amines) is 1. The zero-order chi connectivity index (χ0) is 16.4. The highest BCUT2D eigenvalue weighted by Crippen LogP contribution is 2.25. The van der Waals surface area contributed by atoms with Crippen LogP contribution < -0.4 is 15.0 Å². The fraction of sp³-hybridized carbons (Fsp3) is 0.500. The number of rotatable bonds is 5. The van der Waals surface area contributed by atoms with E-state index in [1.165, 1.54) is 19.4 Å². The lowest BCUT2D eigenvalue weighted by Gasteiger charge is -2.20. The summed E-state index contributed by atoms with van der Waals surface area (Å²) < 4.78 is 5.27. The van der Waals surface area contributed by atoms with Gasteiger partial charge in [-0.25, -0.2) is 0 Å². The van der Waals surface area contributed by atoms with Crippen molar-refractivity contribution in [2.45, 2.75) is 32.7 Å². The van der Waals surface area contributed by atoms with Crippen molar-refractivity contribution < 1.29 is 14.4 Å². The van der Waals surface area contributed by atoms with Gasteiger partial charge in [-0.1, -0.05) is 0 Å². The summed E-state index contributed by atoms with van der Waals surface area (Å²) in [5.41, 5.74) is 2.60. The van der Waals surface area contributed by atoms with Gasteiger partial charge in [0.2, 0.25) is 0 Å². The molecule has 0 radical (unpaired) electrons. The molecule has 1 saturated heterocycles. The first-order chi connectivity index (χ1) is 11.1. The van der Waals surface area contributed by atoms with Gasteiger partial charge < -0.3 is 19.9 Å². The molecule has 0 bridgehead atoms. The number of likely N-dealkylation sites (N-methyl/N-ethyl adjacent to an activating group) is 1. The number of aromatic amines is 1. The number of quaternary nitrogens is 1. The highest BCUT2D eigenvalue weighted by molar-refractivity contribution is 6.01. The fourth-order valence-electron chi connectivity index (χ4n) is 3.66. The summed E-state index contributed by atoms with van der Waals surface area (Å²) in [4.78, 5) is 17.4. The molecule has 124 valence electrons. The zero-order valence-electron chi connectivity index (χ0n) is 14.2. The van der Waals surface area contributed by atoms with Crippen molar-refractivity contribution >= 4 is 16.8 Å². The predicted octanol–water partition coefficient (Wildman–Crippen LogP) is 1.28. The number of carbonyl (C=O) groups excluding carboxylic acids is 1. The van der Waals surface area contributed by atoms with Crippen LogP contribution in [0.5, 0.6) is 5.75 Å². The van der Waals surface area contributed by atoms with Crippen LogP contribution in [0, 0.1) is 6.92 Å². The highest BCUT2D eigenvalue weighted by Gasteiger charge is 2.27. The standard InChI is InChI=1S/C18H25N3O2/c1-4-21-9-5-6-13(21)11-19-18(22)17-12(2)15-10-14(23-3)7-8-16(15)20-17/h7-8,10,13,20H,4-6,9,11H2,1-3H3,(H,19,22)/p+1/t13-/m1/s1. The SMILES string of the molecule is CC[NH+]1CCC[C@@H]1CNC(=O)c1[nH]c2ccc(OC)cc2c1C. The van der Waals surface area contributed by atoms with E-state index in [0.717, 1.165) is 35.3 Å². The maximum Gasteiger partial charge on any atom is 0.268 e. The molecule has 1 aromatic heterocycles. The zero-order valence-corrected chi connectivity index (χ0v) is 14.2. The maximum atomic E-state index is 12.6. The average Bonchev–Trinajstić information content (AvgIpc) is 3.16. The molecule has 0 saturated carbocycles. The van der Waals surface area contributed by atoms with E-state index in [9.17, 15) is 4.79 Å². The van der Waals surface area contributed by atoms with Gasteiger partial charge in [0, 0.05) is 23.7 Å². The van der Waals surface area contributed by atoms with Crippen molar-refractivity contribution in [3.05, 3.63) is 29.5 Å². The summed E-state index contributed by atoms with van der Waals surface area (Å²) in [5, 5.41) is 4.15. The maximum absolute atomic E-state index is 12.6. The second kappa shape index (κ2) is 6.62. The summed E-state index contributed by atoms with van der Waals surface area (Å²) in [5.74, 6) is 0.791. The molecule has 5 nitrogen and oxygen atoms in total. The molecule has 1 amide bonds. The molecule has 23 heavy (non-hydrogen) atoms. The number of aromatic nitrogens is 1. The number of carbonyl (C=O) groups is 1. The van der Waals surface area contributed by atoms with Crippen molar-refractivity contribution in [1.82, 2.24) is 10.3 Å². The number of hydrogen-bond donors (Lipinski definition) is 3. The van der Waals surface area contributed by atoms with Gasteiger partial charge in [0.1, 0.15) is 17.5 Å². The van der Waals surface area contributed by atoms with E-state index in [1.54, 1.807) is 12.0 Å². The molecule has 1 aromatic carbocycles. The van der Waals surface area contributed by atoms with Crippen molar-refractivity contribution in [2.24, 2.45) is 0 Å². The Balaban J connectivity index is 1.74. The van der Waals surface area contributed by atoms with Gasteiger partial charge in [0.05, 0.1) is 26.7 Å². The summed E-state index contributed by atoms with van der Waals surface area (Å²) in [7, 11) is 1.65. The Hall–Kier alpha value is -2.01. The first kappa shape index (κ1) is 15.9. The summed E-state index contributed by atoms with van der Waals surface area (Å²) >= 11 is 0. The van der Waals surface area contributed by atoms with Gasteiger partial charge in [0.25, 0.3) is 5.91 Å². The van der Waals surface area contributed by atoms with E-state index in [0.29, 0.717) is 11.7 Å². The van der Waals surface area contributed by atoms with Crippen LogP contribution in [0.2, 0.25) is 0 Å². The van der Waals surface area contributed by atoms with Crippen LogP contribution in [0.15, 0.2) is 18.2 Å². The predicted molar refractivity (Wildman–Crippen MR) is 91.3 cm³/mol. The quantitative estimate of drug-likeness (QED) is 0.778. The van der Waals surface area contributed by atoms with E-state index in [1.807, 2.05) is 25.1 Å². The van der Waals surface area contributed by atoms with Gasteiger partial charge in [-0.3, -0.25) is 4.79 Å². The third-order valence-electron chi connectivity index (χ3n) is 5.08. The van der Waals surface area contributed by atoms with Crippen LogP contribution in [0.25, 0.3) is 10.9 Å². The molecule has 2 atom stereocenters. The molecule has 3 N–H and O–H groups in total. The lowest BCUT2D eigenvalue weighted by Crippen LogP contribution is -3.14. The van der Waals surface area contributed by atoms with Crippen LogP contribution in [-0.4, -0.2) is 43.7 Å².